The average Bonchev–Trinajstić information content (AvgIpc) is 3.86. The Morgan fingerprint density at radius 2 is 1.89 bits per heavy atom. The molecule has 4 heterocycles. The number of nitrogen functional groups attached to an aromatic ring is 1. The molecule has 0 saturated carbocycles. The number of fused-ring (bicyclic) bond motifs is 1. The number of carbonyl (C=O) groups is 4. The van der Waals surface area contributed by atoms with Gasteiger partial charge in [-0.2, -0.15) is 0 Å². The van der Waals surface area contributed by atoms with Gasteiger partial charge in [-0.15, -0.1) is 11.3 Å². The van der Waals surface area contributed by atoms with Crippen LogP contribution in [0.4, 0.5) is 17.2 Å². The average molecular weight is 1030 g/mol. The van der Waals surface area contributed by atoms with Crippen molar-refractivity contribution in [3.05, 3.63) is 111 Å². The molecule has 3 unspecified atom stereocenters. The van der Waals surface area contributed by atoms with Crippen LogP contribution in [-0.4, -0.2) is 98.7 Å². The molecule has 3 atom stereocenters. The summed E-state index contributed by atoms with van der Waals surface area (Å²) in [5.74, 6) is -0.844. The minimum absolute atomic E-state index is 0.0327. The number of thiophene rings is 1. The Morgan fingerprint density at radius 1 is 1.15 bits per heavy atom. The third-order valence-electron chi connectivity index (χ3n) is 12.4. The van der Waals surface area contributed by atoms with Crippen LogP contribution >= 0.6 is 22.9 Å². The monoisotopic (exact) mass is 1030 g/mol. The van der Waals surface area contributed by atoms with Gasteiger partial charge in [-0.1, -0.05) is 74.0 Å². The molecule has 17 nitrogen and oxygen atoms in total. The van der Waals surface area contributed by atoms with E-state index in [0.29, 0.717) is 39.9 Å². The van der Waals surface area contributed by atoms with Gasteiger partial charge < -0.3 is 56.4 Å². The van der Waals surface area contributed by atoms with Crippen LogP contribution in [0.3, 0.4) is 0 Å². The Kier molecular flexibility index (Phi) is 20.1. The number of carbonyl (C=O) groups excluding carboxylic acids is 3. The van der Waals surface area contributed by atoms with Gasteiger partial charge in [0.1, 0.15) is 27.5 Å². The summed E-state index contributed by atoms with van der Waals surface area (Å²) < 4.78 is 28.9. The number of rotatable bonds is 20. The van der Waals surface area contributed by atoms with Crippen LogP contribution in [0.15, 0.2) is 85.4 Å². The number of hydrogen-bond donors (Lipinski definition) is 7. The SMILES string of the molecule is C=C(O)c1sc(C(/C=C\C=C\N)=C/C2CCNC(C)(C)C2)c(Cl)c1OCC(=O)O.CCCC(C(=O)NC=O)N(C)c1ccc(C2CCN(c3cc(N)n(/C=C(\N)CS(=O)[O-])c3)CC2)c2cccc(C=O)c12. The van der Waals surface area contributed by atoms with Crippen LogP contribution in [0.2, 0.25) is 5.02 Å². The zero-order valence-electron chi connectivity index (χ0n) is 40.4. The molecule has 10 N–H and O–H groups in total. The van der Waals surface area contributed by atoms with E-state index < -0.39 is 29.7 Å². The number of aliphatic carboxylic acids is 1. The van der Waals surface area contributed by atoms with Crippen molar-refractivity contribution in [3.63, 3.8) is 0 Å². The lowest BCUT2D eigenvalue weighted by molar-refractivity contribution is -0.139. The number of allylic oxidation sites excluding steroid dienone is 5. The fourth-order valence-corrected chi connectivity index (χ4v) is 10.9. The van der Waals surface area contributed by atoms with Crippen LogP contribution in [0, 0.1) is 5.92 Å². The number of anilines is 3. The number of nitrogens with one attached hydrogen (secondary N) is 2. The molecular weight excluding hydrogens is 968 g/mol. The van der Waals surface area contributed by atoms with E-state index in [0.717, 1.165) is 91.3 Å². The van der Waals surface area contributed by atoms with Crippen LogP contribution in [0.1, 0.15) is 90.9 Å². The Morgan fingerprint density at radius 3 is 2.51 bits per heavy atom. The van der Waals surface area contributed by atoms with Crippen molar-refractivity contribution in [2.24, 2.45) is 17.4 Å². The molecule has 4 aromatic rings. The van der Waals surface area contributed by atoms with Crippen LogP contribution in [0.5, 0.6) is 5.75 Å². The maximum absolute atomic E-state index is 12.7. The van der Waals surface area contributed by atoms with Crippen molar-refractivity contribution in [1.29, 1.82) is 0 Å². The number of aldehydes is 1. The van der Waals surface area contributed by atoms with E-state index in [1.165, 1.54) is 23.7 Å². The predicted molar refractivity (Wildman–Crippen MR) is 285 cm³/mol. The summed E-state index contributed by atoms with van der Waals surface area (Å²) in [6, 6.07) is 11.0. The largest absolute Gasteiger partial charge is 0.772 e. The number of nitrogens with zero attached hydrogens (tertiary/aromatic N) is 3. The van der Waals surface area contributed by atoms with Gasteiger partial charge in [-0.25, -0.2) is 4.79 Å². The first-order valence-electron chi connectivity index (χ1n) is 23.1. The third-order valence-corrected chi connectivity index (χ3v) is 14.7. The first kappa shape index (κ1) is 55.5. The van der Waals surface area contributed by atoms with E-state index in [1.54, 1.807) is 22.8 Å². The van der Waals surface area contributed by atoms with Crippen LogP contribution in [-0.2, 0) is 25.5 Å². The summed E-state index contributed by atoms with van der Waals surface area (Å²) in [5.41, 5.74) is 21.9. The standard InChI is InChI=1S/C30H38N6O5S.C21H27ClN2O4S/c1-3-5-27(30(39)33-19-38)34(2)26-9-8-24(25-7-4-6-21(17-37)29(25)26)20-10-12-35(13-11-20)23-14-28(32)36(16-23)15-22(31)18-42(40)41;1-13(25)19-18(28-12-16(26)27)17(22)20(29-19)15(6-4-5-8-23)10-14-7-9-24-21(2,3)11-14/h4,6-9,14-17,19-20,27H,3,5,10-13,18,31-32H2,1-2H3,(H,40,41)(H,33,38,39);4-6,8,10,14,24-25H,1,7,9,11-12,23H2,2-3H3,(H,26,27)/p-1/b22-15-;6-4-,8-5+,15-10+. The summed E-state index contributed by atoms with van der Waals surface area (Å²) in [6.45, 7) is 11.8. The van der Waals surface area contributed by atoms with Crippen molar-refractivity contribution < 1.29 is 42.9 Å². The van der Waals surface area contributed by atoms with E-state index in [4.69, 9.17) is 38.6 Å². The van der Waals surface area contributed by atoms with Gasteiger partial charge >= 0.3 is 5.97 Å². The normalized spacial score (nSPS) is 17.4. The molecule has 71 heavy (non-hydrogen) atoms. The Labute approximate surface area is 426 Å². The second kappa shape index (κ2) is 25.7. The van der Waals surface area contributed by atoms with Crippen LogP contribution in [0.25, 0.3) is 28.3 Å². The quantitative estimate of drug-likeness (QED) is 0.0195. The van der Waals surface area contributed by atoms with E-state index >= 15 is 0 Å². The van der Waals surface area contributed by atoms with Gasteiger partial charge in [0, 0.05) is 66.5 Å². The fraction of sp³-hybridized carbons (Fsp3) is 0.373. The maximum Gasteiger partial charge on any atom is 0.341 e. The van der Waals surface area contributed by atoms with Gasteiger partial charge in [0.2, 0.25) is 12.3 Å². The highest BCUT2D eigenvalue weighted by Gasteiger charge is 2.30. The highest BCUT2D eigenvalue weighted by molar-refractivity contribution is 7.79. The van der Waals surface area contributed by atoms with Crippen molar-refractivity contribution in [2.45, 2.75) is 76.8 Å². The Bertz CT molecular complexity index is 2720. The zero-order valence-corrected chi connectivity index (χ0v) is 42.8. The molecule has 2 aliphatic heterocycles. The smallest absolute Gasteiger partial charge is 0.341 e. The molecule has 2 aromatic carbocycles. The van der Waals surface area contributed by atoms with E-state index in [-0.39, 0.29) is 45.3 Å². The first-order valence-corrected chi connectivity index (χ1v) is 25.6. The summed E-state index contributed by atoms with van der Waals surface area (Å²) in [4.78, 5) is 51.8. The number of likely N-dealkylation sites (N-methyl/N-ethyl adjacent to an activating group) is 1. The number of nitrogens with two attached hydrogens (primary N) is 3. The van der Waals surface area contributed by atoms with Gasteiger partial charge in [-0.05, 0) is 110 Å². The number of halogens is 1. The zero-order chi connectivity index (χ0) is 52.0. The van der Waals surface area contributed by atoms with E-state index in [2.05, 4.69) is 48.1 Å². The molecule has 6 rings (SSSR count). The summed E-state index contributed by atoms with van der Waals surface area (Å²) in [5, 5.41) is 26.7. The second-order valence-electron chi connectivity index (χ2n) is 18.0. The minimum Gasteiger partial charge on any atom is -0.772 e. The number of aliphatic hydroxyl groups is 1. The molecule has 0 radical (unpaired) electrons. The molecule has 382 valence electrons. The fourth-order valence-electron chi connectivity index (χ4n) is 9.14. The van der Waals surface area contributed by atoms with Gasteiger partial charge in [0.25, 0.3) is 0 Å². The number of carboxylic acids is 1. The number of carboxylic acid groups (broad SMARTS) is 1. The number of ether oxygens (including phenoxy) is 1. The lowest BCUT2D eigenvalue weighted by Crippen LogP contribution is -2.45. The summed E-state index contributed by atoms with van der Waals surface area (Å²) in [6.07, 6.45) is 18.6. The molecule has 2 amide bonds. The highest BCUT2D eigenvalue weighted by Crippen LogP contribution is 2.47. The lowest BCUT2D eigenvalue weighted by atomic mass is 9.83. The van der Waals surface area contributed by atoms with Crippen molar-refractivity contribution in [2.75, 3.05) is 54.6 Å². The van der Waals surface area contributed by atoms with E-state index in [9.17, 15) is 33.0 Å². The maximum atomic E-state index is 12.7. The van der Waals surface area contributed by atoms with Gasteiger partial charge in [0.05, 0.1) is 16.3 Å². The lowest BCUT2D eigenvalue weighted by Gasteiger charge is -2.35. The van der Waals surface area contributed by atoms with Crippen molar-refractivity contribution in [3.8, 4) is 5.75 Å². The molecule has 2 aromatic heterocycles. The van der Waals surface area contributed by atoms with Crippen LogP contribution < -0.4 is 42.4 Å². The number of aliphatic hydroxyl groups excluding tert-OH is 1. The van der Waals surface area contributed by atoms with Gasteiger partial charge in [0.15, 0.2) is 18.6 Å². The molecule has 0 aliphatic carbocycles. The number of benzene rings is 2. The van der Waals surface area contributed by atoms with Crippen molar-refractivity contribution >= 4 is 104 Å². The highest BCUT2D eigenvalue weighted by atomic mass is 35.5. The molecular formula is C51H64ClN8O9S2-. The topological polar surface area (TPSA) is 272 Å². The number of hydrogen-bond acceptors (Lipinski definition) is 15. The number of amides is 2. The molecule has 2 aliphatic rings. The Balaban J connectivity index is 0.000000283. The molecule has 20 heteroatoms. The molecule has 2 fully saturated rings. The second-order valence-corrected chi connectivity index (χ2v) is 20.3. The molecule has 0 spiro atoms. The first-order chi connectivity index (χ1) is 33.8. The number of piperidine rings is 2. The predicted octanol–water partition coefficient (Wildman–Crippen LogP) is 7.52. The summed E-state index contributed by atoms with van der Waals surface area (Å²) in [7, 11) is 1.82. The number of imide groups is 1. The minimum atomic E-state index is -2.28. The third kappa shape index (κ3) is 14.6. The van der Waals surface area contributed by atoms with E-state index in [1.807, 2.05) is 55.4 Å². The van der Waals surface area contributed by atoms with Gasteiger partial charge in [-0.3, -0.25) is 23.9 Å². The Hall–Kier alpha value is -6.38. The van der Waals surface area contributed by atoms with Crippen molar-refractivity contribution in [1.82, 2.24) is 15.2 Å². The molecule has 2 saturated heterocycles. The molecule has 0 bridgehead atoms. The summed E-state index contributed by atoms with van der Waals surface area (Å²) >= 11 is 5.48. The number of aromatic nitrogens is 1.